The molecule has 0 bridgehead atoms. The third-order valence-electron chi connectivity index (χ3n) is 12.0. The third-order valence-corrected chi connectivity index (χ3v) is 12.0. The van der Waals surface area contributed by atoms with E-state index in [0.717, 1.165) is 16.7 Å². The fourth-order valence-electron chi connectivity index (χ4n) is 8.24. The molecule has 15 heteroatoms. The summed E-state index contributed by atoms with van der Waals surface area (Å²) in [5.41, 5.74) is 1.77. The Labute approximate surface area is 388 Å². The second-order valence-electron chi connectivity index (χ2n) is 18.7. The number of aldehydes is 1. The Morgan fingerprint density at radius 1 is 0.727 bits per heavy atom. The van der Waals surface area contributed by atoms with Crippen molar-refractivity contribution >= 4 is 41.7 Å². The number of quaternary nitrogens is 1. The van der Waals surface area contributed by atoms with Crippen LogP contribution in [0.1, 0.15) is 94.3 Å². The lowest BCUT2D eigenvalue weighted by atomic mass is 9.93. The average molecular weight is 911 g/mol. The van der Waals surface area contributed by atoms with E-state index in [4.69, 9.17) is 14.2 Å². The zero-order valence-corrected chi connectivity index (χ0v) is 39.3. The molecule has 0 saturated carbocycles. The monoisotopic (exact) mass is 910 g/mol. The number of epoxide rings is 1. The van der Waals surface area contributed by atoms with Crippen LogP contribution in [0.5, 0.6) is 5.75 Å². The van der Waals surface area contributed by atoms with Gasteiger partial charge in [0.25, 0.3) is 5.91 Å². The smallest absolute Gasteiger partial charge is 0.310 e. The quantitative estimate of drug-likeness (QED) is 0.0310. The van der Waals surface area contributed by atoms with Gasteiger partial charge in [0.2, 0.25) is 17.7 Å². The molecular formula is C51H68N5O10+. The number of ketones is 1. The molecule has 5 rings (SSSR count). The minimum atomic E-state index is -1.09. The van der Waals surface area contributed by atoms with Gasteiger partial charge in [-0.2, -0.15) is 0 Å². The second kappa shape index (κ2) is 24.1. The minimum absolute atomic E-state index is 0.000754. The summed E-state index contributed by atoms with van der Waals surface area (Å²) in [7, 11) is 0. The van der Waals surface area contributed by atoms with Crippen LogP contribution < -0.4 is 26.0 Å². The molecule has 2 fully saturated rings. The van der Waals surface area contributed by atoms with E-state index in [0.29, 0.717) is 52.0 Å². The number of aryl methyl sites for hydroxylation is 1. The third kappa shape index (κ3) is 15.4. The molecule has 2 aliphatic heterocycles. The number of carbonyl (C=O) groups excluding carboxylic acids is 7. The predicted molar refractivity (Wildman–Crippen MR) is 248 cm³/mol. The number of Topliss-reactive ketones (excluding diaryl/α,β-unsaturated/α-hetero) is 1. The van der Waals surface area contributed by atoms with Gasteiger partial charge in [-0.05, 0) is 73.8 Å². The van der Waals surface area contributed by atoms with Crippen LogP contribution in [-0.2, 0) is 57.6 Å². The van der Waals surface area contributed by atoms with Crippen molar-refractivity contribution < 1.29 is 52.3 Å². The standard InChI is InChI=1S/C51H67N5O10/c1-7-46(59)66-44-21-19-38(28-39(44)32-57)30-56(22-24-64-25-23-56)31-45(58)52-40(20-18-36-14-10-8-11-15-36)48(61)54-42(27-35(4)5)49(62)55-43(29-37-16-12-9-13-17-37)50(63)53-41(26-34(2)3)47(60)51(6)33-65-51/h8-17,19,21,28,32,34-35,40-43H,7,18,20,22-27,29-31,33H2,1-6H3,(H3-,52,53,54,55,58,61,62,63)/p+1/t40-,41-,42-,43-,51+/m0/s1. The Kier molecular flexibility index (Phi) is 18.7. The number of hydrogen-bond acceptors (Lipinski definition) is 10. The van der Waals surface area contributed by atoms with Gasteiger partial charge in [-0.1, -0.05) is 95.3 Å². The Hall–Kier alpha value is -5.77. The highest BCUT2D eigenvalue weighted by molar-refractivity contribution is 5.99. The topological polar surface area (TPSA) is 199 Å². The molecule has 2 saturated heterocycles. The maximum Gasteiger partial charge on any atom is 0.310 e. The van der Waals surface area contributed by atoms with E-state index in [-0.39, 0.29) is 78.2 Å². The highest BCUT2D eigenvalue weighted by Crippen LogP contribution is 2.30. The first-order valence-corrected chi connectivity index (χ1v) is 23.2. The molecule has 2 aliphatic rings. The van der Waals surface area contributed by atoms with E-state index in [9.17, 15) is 33.6 Å². The van der Waals surface area contributed by atoms with E-state index >= 15 is 0 Å². The van der Waals surface area contributed by atoms with Crippen LogP contribution in [0, 0.1) is 11.8 Å². The number of nitrogens with zero attached hydrogens (tertiary/aromatic N) is 1. The van der Waals surface area contributed by atoms with Crippen molar-refractivity contribution in [1.82, 2.24) is 21.3 Å². The van der Waals surface area contributed by atoms with Crippen LogP contribution >= 0.6 is 0 Å². The molecule has 4 N–H and O–H groups in total. The molecule has 0 radical (unpaired) electrons. The Morgan fingerprint density at radius 3 is 1.88 bits per heavy atom. The number of nitrogens with one attached hydrogen (secondary N) is 4. The van der Waals surface area contributed by atoms with Crippen LogP contribution in [0.4, 0.5) is 0 Å². The normalized spacial score (nSPS) is 18.2. The lowest BCUT2D eigenvalue weighted by Crippen LogP contribution is -2.61. The van der Waals surface area contributed by atoms with E-state index in [1.54, 1.807) is 32.0 Å². The van der Waals surface area contributed by atoms with Crippen molar-refractivity contribution in [2.24, 2.45) is 11.8 Å². The molecule has 4 amide bonds. The summed E-state index contributed by atoms with van der Waals surface area (Å²) >= 11 is 0. The fourth-order valence-corrected chi connectivity index (χ4v) is 8.24. The first kappa shape index (κ1) is 51.2. The zero-order chi connectivity index (χ0) is 47.9. The van der Waals surface area contributed by atoms with Crippen LogP contribution in [-0.4, -0.2) is 115 Å². The number of ether oxygens (including phenoxy) is 3. The number of amides is 4. The van der Waals surface area contributed by atoms with Gasteiger partial charge in [0, 0.05) is 18.4 Å². The fraction of sp³-hybridized carbons (Fsp3) is 0.510. The van der Waals surface area contributed by atoms with Crippen LogP contribution in [0.3, 0.4) is 0 Å². The molecule has 0 aliphatic carbocycles. The van der Waals surface area contributed by atoms with Crippen LogP contribution in [0.2, 0.25) is 0 Å². The van der Waals surface area contributed by atoms with Gasteiger partial charge in [-0.15, -0.1) is 0 Å². The van der Waals surface area contributed by atoms with Gasteiger partial charge in [-0.3, -0.25) is 33.6 Å². The van der Waals surface area contributed by atoms with Gasteiger partial charge in [0.1, 0.15) is 49.1 Å². The largest absolute Gasteiger partial charge is 0.426 e. The molecule has 0 aromatic heterocycles. The molecule has 15 nitrogen and oxygen atoms in total. The SMILES string of the molecule is CCC(=O)Oc1ccc(C[N+]2(CC(=O)N[C@@H](CCc3ccccc3)C(=O)N[C@@H](CC(C)C)C(=O)N[C@@H](Cc3ccccc3)C(=O)N[C@@H](CC(C)C)C(=O)[C@@]3(C)CO3)CCOCC2)cc1C=O. The molecule has 5 atom stereocenters. The summed E-state index contributed by atoms with van der Waals surface area (Å²) in [6, 6.07) is 19.8. The van der Waals surface area contributed by atoms with Crippen molar-refractivity contribution in [3.8, 4) is 5.75 Å². The van der Waals surface area contributed by atoms with Crippen LogP contribution in [0.15, 0.2) is 78.9 Å². The average Bonchev–Trinajstić information content (AvgIpc) is 4.05. The second-order valence-corrected chi connectivity index (χ2v) is 18.7. The number of hydrogen-bond donors (Lipinski definition) is 4. The summed E-state index contributed by atoms with van der Waals surface area (Å²) in [6.07, 6.45) is 2.22. The molecular weight excluding hydrogens is 843 g/mol. The van der Waals surface area contributed by atoms with Crippen molar-refractivity contribution in [2.45, 2.75) is 116 Å². The van der Waals surface area contributed by atoms with Crippen molar-refractivity contribution in [3.63, 3.8) is 0 Å². The van der Waals surface area contributed by atoms with Crippen molar-refractivity contribution in [3.05, 3.63) is 101 Å². The number of esters is 1. The first-order valence-electron chi connectivity index (χ1n) is 23.2. The van der Waals surface area contributed by atoms with Crippen molar-refractivity contribution in [2.75, 3.05) is 39.5 Å². The summed E-state index contributed by atoms with van der Waals surface area (Å²) in [5.74, 6) is -2.52. The van der Waals surface area contributed by atoms with E-state index in [1.165, 1.54) is 0 Å². The summed E-state index contributed by atoms with van der Waals surface area (Å²) in [4.78, 5) is 94.7. The van der Waals surface area contributed by atoms with Gasteiger partial charge in [-0.25, -0.2) is 0 Å². The molecule has 0 unspecified atom stereocenters. The van der Waals surface area contributed by atoms with Gasteiger partial charge >= 0.3 is 5.97 Å². The number of carbonyl (C=O) groups is 7. The van der Waals surface area contributed by atoms with Gasteiger partial charge < -0.3 is 40.0 Å². The summed E-state index contributed by atoms with van der Waals surface area (Å²) in [6.45, 7) is 13.6. The Bertz CT molecular complexity index is 2140. The number of rotatable bonds is 25. The molecule has 3 aromatic rings. The van der Waals surface area contributed by atoms with E-state index in [2.05, 4.69) is 21.3 Å². The molecule has 0 spiro atoms. The maximum absolute atomic E-state index is 14.5. The van der Waals surface area contributed by atoms with E-state index < -0.39 is 53.5 Å². The highest BCUT2D eigenvalue weighted by Gasteiger charge is 2.50. The Balaban J connectivity index is 1.36. The van der Waals surface area contributed by atoms with E-state index in [1.807, 2.05) is 88.4 Å². The first-order chi connectivity index (χ1) is 31.5. The summed E-state index contributed by atoms with van der Waals surface area (Å²) in [5, 5.41) is 11.8. The zero-order valence-electron chi connectivity index (χ0n) is 39.3. The van der Waals surface area contributed by atoms with Crippen molar-refractivity contribution in [1.29, 1.82) is 0 Å². The van der Waals surface area contributed by atoms with Crippen LogP contribution in [0.25, 0.3) is 0 Å². The maximum atomic E-state index is 14.5. The minimum Gasteiger partial charge on any atom is -0.426 e. The number of benzene rings is 3. The molecule has 66 heavy (non-hydrogen) atoms. The predicted octanol–water partition coefficient (Wildman–Crippen LogP) is 4.43. The van der Waals surface area contributed by atoms with Gasteiger partial charge in [0.15, 0.2) is 18.6 Å². The van der Waals surface area contributed by atoms with Gasteiger partial charge in [0.05, 0.1) is 31.4 Å². The molecule has 2 heterocycles. The lowest BCUT2D eigenvalue weighted by Gasteiger charge is -2.41. The highest BCUT2D eigenvalue weighted by atomic mass is 16.6. The summed E-state index contributed by atoms with van der Waals surface area (Å²) < 4.78 is 16.8. The molecule has 356 valence electrons. The lowest BCUT2D eigenvalue weighted by molar-refractivity contribution is -0.940. The molecule has 3 aromatic carbocycles. The Morgan fingerprint density at radius 2 is 1.29 bits per heavy atom. The number of morpholine rings is 1.